The van der Waals surface area contributed by atoms with Crippen molar-refractivity contribution >= 4 is 5.78 Å². The molecule has 0 atom stereocenters. The van der Waals surface area contributed by atoms with E-state index in [4.69, 9.17) is 0 Å². The number of hydrogen-bond donors (Lipinski definition) is 1. The highest BCUT2D eigenvalue weighted by molar-refractivity contribution is 5.99. The Kier molecular flexibility index (Phi) is 5.69. The van der Waals surface area contributed by atoms with Gasteiger partial charge in [-0.2, -0.15) is 0 Å². The summed E-state index contributed by atoms with van der Waals surface area (Å²) in [4.78, 5) is 12.6. The summed E-state index contributed by atoms with van der Waals surface area (Å²) in [5, 5.41) is 3.17. The predicted molar refractivity (Wildman–Crippen MR) is 98.5 cm³/mol. The maximum atomic E-state index is 12.9. The van der Waals surface area contributed by atoms with Crippen molar-refractivity contribution in [3.05, 3.63) is 58.7 Å². The van der Waals surface area contributed by atoms with E-state index < -0.39 is 0 Å². The van der Waals surface area contributed by atoms with Gasteiger partial charge in [-0.25, -0.2) is 4.39 Å². The molecule has 1 saturated carbocycles. The molecule has 134 valence electrons. The largest absolute Gasteiger partial charge is 0.345 e. The third-order valence-electron chi connectivity index (χ3n) is 5.25. The molecule has 0 spiro atoms. The maximum Gasteiger partial charge on any atom is 0.178 e. The molecule has 0 aliphatic heterocycles. The summed E-state index contributed by atoms with van der Waals surface area (Å²) in [6, 6.07) is 8.94. The number of aromatic nitrogens is 1. The summed E-state index contributed by atoms with van der Waals surface area (Å²) in [7, 11) is 0. The zero-order chi connectivity index (χ0) is 17.8. The lowest BCUT2D eigenvalue weighted by Gasteiger charge is -2.26. The van der Waals surface area contributed by atoms with Crippen LogP contribution in [0.5, 0.6) is 0 Å². The Morgan fingerprint density at radius 3 is 2.52 bits per heavy atom. The molecule has 2 aromatic rings. The maximum absolute atomic E-state index is 12.9. The SMILES string of the molecule is Cc1cc(C(=O)CNCc2ccc(F)cc2)c(C)n1C1CCCCC1. The van der Waals surface area contributed by atoms with Gasteiger partial charge in [0.25, 0.3) is 0 Å². The number of ketones is 1. The Morgan fingerprint density at radius 2 is 1.84 bits per heavy atom. The Morgan fingerprint density at radius 1 is 1.16 bits per heavy atom. The van der Waals surface area contributed by atoms with E-state index >= 15 is 0 Å². The number of benzene rings is 1. The average Bonchev–Trinajstić information content (AvgIpc) is 2.92. The molecule has 1 heterocycles. The molecule has 0 radical (unpaired) electrons. The molecule has 4 heteroatoms. The number of halogens is 1. The first kappa shape index (κ1) is 17.9. The van der Waals surface area contributed by atoms with Crippen LogP contribution in [0.4, 0.5) is 4.39 Å². The van der Waals surface area contributed by atoms with Crippen LogP contribution >= 0.6 is 0 Å². The first-order chi connectivity index (χ1) is 12.1. The van der Waals surface area contributed by atoms with Crippen molar-refractivity contribution < 1.29 is 9.18 Å². The second-order valence-corrected chi connectivity index (χ2v) is 7.10. The Labute approximate surface area is 149 Å². The number of aryl methyl sites for hydroxylation is 1. The number of Topliss-reactive ketones (excluding diaryl/α,β-unsaturated/α-hetero) is 1. The van der Waals surface area contributed by atoms with Gasteiger partial charge >= 0.3 is 0 Å². The molecule has 25 heavy (non-hydrogen) atoms. The van der Waals surface area contributed by atoms with Crippen LogP contribution in [-0.2, 0) is 6.54 Å². The minimum atomic E-state index is -0.241. The normalized spacial score (nSPS) is 15.5. The van der Waals surface area contributed by atoms with Crippen LogP contribution in [0, 0.1) is 19.7 Å². The molecule has 0 bridgehead atoms. The molecule has 1 fully saturated rings. The highest BCUT2D eigenvalue weighted by Gasteiger charge is 2.22. The van der Waals surface area contributed by atoms with Crippen LogP contribution < -0.4 is 5.32 Å². The zero-order valence-electron chi connectivity index (χ0n) is 15.1. The van der Waals surface area contributed by atoms with E-state index in [1.807, 2.05) is 6.07 Å². The number of carbonyl (C=O) groups excluding carboxylic acids is 1. The van der Waals surface area contributed by atoms with Gasteiger partial charge < -0.3 is 9.88 Å². The van der Waals surface area contributed by atoms with Crippen LogP contribution in [0.1, 0.15) is 65.5 Å². The molecule has 1 N–H and O–H groups in total. The van der Waals surface area contributed by atoms with E-state index in [9.17, 15) is 9.18 Å². The molecule has 1 aliphatic carbocycles. The fraction of sp³-hybridized carbons (Fsp3) is 0.476. The second-order valence-electron chi connectivity index (χ2n) is 7.10. The minimum absolute atomic E-state index is 0.122. The fourth-order valence-electron chi connectivity index (χ4n) is 3.98. The van der Waals surface area contributed by atoms with E-state index in [2.05, 4.69) is 23.7 Å². The van der Waals surface area contributed by atoms with Crippen LogP contribution in [0.3, 0.4) is 0 Å². The average molecular weight is 342 g/mol. The van der Waals surface area contributed by atoms with E-state index in [1.54, 1.807) is 12.1 Å². The lowest BCUT2D eigenvalue weighted by Crippen LogP contribution is -2.23. The van der Waals surface area contributed by atoms with Crippen LogP contribution in [0.15, 0.2) is 30.3 Å². The van der Waals surface area contributed by atoms with Gasteiger partial charge in [-0.15, -0.1) is 0 Å². The topological polar surface area (TPSA) is 34.0 Å². The molecule has 1 aromatic carbocycles. The second kappa shape index (κ2) is 7.96. The molecular formula is C21H27FN2O. The lowest BCUT2D eigenvalue weighted by atomic mass is 9.95. The lowest BCUT2D eigenvalue weighted by molar-refractivity contribution is 0.0990. The molecule has 3 nitrogen and oxygen atoms in total. The smallest absolute Gasteiger partial charge is 0.178 e. The van der Waals surface area contributed by atoms with Crippen LogP contribution in [-0.4, -0.2) is 16.9 Å². The highest BCUT2D eigenvalue weighted by atomic mass is 19.1. The van der Waals surface area contributed by atoms with Crippen molar-refractivity contribution in [3.63, 3.8) is 0 Å². The monoisotopic (exact) mass is 342 g/mol. The minimum Gasteiger partial charge on any atom is -0.345 e. The Hall–Kier alpha value is -1.94. The molecule has 3 rings (SSSR count). The number of carbonyl (C=O) groups is 1. The first-order valence-corrected chi connectivity index (χ1v) is 9.23. The molecule has 1 aromatic heterocycles. The van der Waals surface area contributed by atoms with Gasteiger partial charge in [0.1, 0.15) is 5.82 Å². The van der Waals surface area contributed by atoms with E-state index in [0.29, 0.717) is 19.1 Å². The Bertz CT molecular complexity index is 727. The fourth-order valence-corrected chi connectivity index (χ4v) is 3.98. The summed E-state index contributed by atoms with van der Waals surface area (Å²) in [6.45, 7) is 5.03. The van der Waals surface area contributed by atoms with Crippen molar-refractivity contribution in [1.29, 1.82) is 0 Å². The summed E-state index contributed by atoms with van der Waals surface area (Å²) < 4.78 is 15.3. The van der Waals surface area contributed by atoms with Gasteiger partial charge in [-0.3, -0.25) is 4.79 Å². The molecule has 0 amide bonds. The van der Waals surface area contributed by atoms with Gasteiger partial charge in [0.05, 0.1) is 6.54 Å². The molecule has 1 aliphatic rings. The summed E-state index contributed by atoms with van der Waals surface area (Å²) in [6.07, 6.45) is 6.32. The first-order valence-electron chi connectivity index (χ1n) is 9.23. The van der Waals surface area contributed by atoms with Crippen molar-refractivity contribution in [2.24, 2.45) is 0 Å². The third kappa shape index (κ3) is 4.18. The molecular weight excluding hydrogens is 315 g/mol. The number of nitrogens with zero attached hydrogens (tertiary/aromatic N) is 1. The van der Waals surface area contributed by atoms with Crippen LogP contribution in [0.25, 0.3) is 0 Å². The van der Waals surface area contributed by atoms with Crippen LogP contribution in [0.2, 0.25) is 0 Å². The predicted octanol–water partition coefficient (Wildman–Crippen LogP) is 4.72. The standard InChI is InChI=1S/C21H27FN2O/c1-15-12-20(16(2)24(15)19-6-4-3-5-7-19)21(25)14-23-13-17-8-10-18(22)11-9-17/h8-12,19,23H,3-7,13-14H2,1-2H3. The summed E-state index contributed by atoms with van der Waals surface area (Å²) in [5.74, 6) is -0.118. The quantitative estimate of drug-likeness (QED) is 0.771. The van der Waals surface area contributed by atoms with Gasteiger partial charge in [-0.05, 0) is 50.5 Å². The van der Waals surface area contributed by atoms with E-state index in [-0.39, 0.29) is 11.6 Å². The van der Waals surface area contributed by atoms with Gasteiger partial charge in [0, 0.05) is 29.5 Å². The Balaban J connectivity index is 1.63. The number of rotatable bonds is 6. The highest BCUT2D eigenvalue weighted by Crippen LogP contribution is 2.32. The zero-order valence-corrected chi connectivity index (χ0v) is 15.1. The summed E-state index contributed by atoms with van der Waals surface area (Å²) in [5.41, 5.74) is 4.08. The van der Waals surface area contributed by atoms with Crippen molar-refractivity contribution in [1.82, 2.24) is 9.88 Å². The van der Waals surface area contributed by atoms with Gasteiger partial charge in [0.2, 0.25) is 0 Å². The van der Waals surface area contributed by atoms with E-state index in [1.165, 1.54) is 49.9 Å². The molecule has 0 saturated heterocycles. The van der Waals surface area contributed by atoms with Crippen molar-refractivity contribution in [3.8, 4) is 0 Å². The number of nitrogens with one attached hydrogen (secondary N) is 1. The number of hydrogen-bond acceptors (Lipinski definition) is 2. The summed E-state index contributed by atoms with van der Waals surface area (Å²) >= 11 is 0. The molecule has 0 unspecified atom stereocenters. The van der Waals surface area contributed by atoms with Gasteiger partial charge in [0.15, 0.2) is 5.78 Å². The van der Waals surface area contributed by atoms with Gasteiger partial charge in [-0.1, -0.05) is 31.4 Å². The van der Waals surface area contributed by atoms with E-state index in [0.717, 1.165) is 16.8 Å². The third-order valence-corrected chi connectivity index (χ3v) is 5.25. The van der Waals surface area contributed by atoms with Crippen molar-refractivity contribution in [2.45, 2.75) is 58.5 Å². The van der Waals surface area contributed by atoms with Crippen molar-refractivity contribution in [2.75, 3.05) is 6.54 Å².